The molecule has 0 rings (SSSR count). The average molecular weight is 152 g/mol. The van der Waals surface area contributed by atoms with Crippen molar-refractivity contribution in [3.63, 3.8) is 0 Å². The fraction of sp³-hybridized carbons (Fsp3) is 1.00. The summed E-state index contributed by atoms with van der Waals surface area (Å²) in [6.07, 6.45) is 0.980. The lowest BCUT2D eigenvalue weighted by Gasteiger charge is -1.99. The molecule has 0 radical (unpaired) electrons. The molecule has 0 fully saturated rings. The van der Waals surface area contributed by atoms with E-state index >= 15 is 0 Å². The molecule has 0 spiro atoms. The molecule has 0 aromatic carbocycles. The lowest BCUT2D eigenvalue weighted by Crippen LogP contribution is -2.10. The summed E-state index contributed by atoms with van der Waals surface area (Å²) in [5, 5.41) is 8.65. The van der Waals surface area contributed by atoms with E-state index in [1.165, 1.54) is 0 Å². The summed E-state index contributed by atoms with van der Waals surface area (Å²) < 4.78 is 20.8. The Kier molecular flexibility index (Phi) is 3.14. The average Bonchev–Trinajstić information content (AvgIpc) is 1.59. The second kappa shape index (κ2) is 3.17. The molecule has 0 aromatic heterocycles. The minimum absolute atomic E-state index is 0.0741. The fourth-order valence-corrected chi connectivity index (χ4v) is 1.15. The minimum atomic E-state index is -2.88. The first-order chi connectivity index (χ1) is 3.92. The zero-order chi connectivity index (χ0) is 7.49. The molecule has 0 heterocycles. The van der Waals surface area contributed by atoms with E-state index in [0.717, 1.165) is 6.26 Å². The molecule has 4 heteroatoms. The monoisotopic (exact) mass is 152 g/mol. The molecule has 9 heavy (non-hydrogen) atoms. The van der Waals surface area contributed by atoms with Gasteiger partial charge in [0.05, 0.1) is 11.9 Å². The SMILES string of the molecule is C[C@@H](O)CCS(C)(=O)=O. The number of rotatable bonds is 3. The largest absolute Gasteiger partial charge is 0.393 e. The summed E-state index contributed by atoms with van der Waals surface area (Å²) in [7, 11) is -2.88. The van der Waals surface area contributed by atoms with Crippen LogP contribution in [0.2, 0.25) is 0 Å². The maximum Gasteiger partial charge on any atom is 0.147 e. The van der Waals surface area contributed by atoms with Crippen LogP contribution in [0.25, 0.3) is 0 Å². The van der Waals surface area contributed by atoms with Crippen molar-refractivity contribution in [1.29, 1.82) is 0 Å². The number of sulfone groups is 1. The van der Waals surface area contributed by atoms with Crippen molar-refractivity contribution in [2.75, 3.05) is 12.0 Å². The van der Waals surface area contributed by atoms with Crippen molar-refractivity contribution in [1.82, 2.24) is 0 Å². The van der Waals surface area contributed by atoms with Gasteiger partial charge in [-0.1, -0.05) is 0 Å². The van der Waals surface area contributed by atoms with Gasteiger partial charge in [-0.3, -0.25) is 0 Å². The minimum Gasteiger partial charge on any atom is -0.393 e. The molecule has 0 aromatic rings. The molecular formula is C5H12O3S. The van der Waals surface area contributed by atoms with E-state index in [1.807, 2.05) is 0 Å². The van der Waals surface area contributed by atoms with Gasteiger partial charge in [0.2, 0.25) is 0 Å². The quantitative estimate of drug-likeness (QED) is 0.609. The first kappa shape index (κ1) is 8.91. The van der Waals surface area contributed by atoms with Crippen molar-refractivity contribution in [2.45, 2.75) is 19.4 Å². The maximum atomic E-state index is 10.4. The molecule has 0 saturated heterocycles. The van der Waals surface area contributed by atoms with E-state index in [1.54, 1.807) is 6.92 Å². The topological polar surface area (TPSA) is 54.4 Å². The van der Waals surface area contributed by atoms with Gasteiger partial charge in [-0.15, -0.1) is 0 Å². The van der Waals surface area contributed by atoms with Crippen LogP contribution in [-0.4, -0.2) is 31.6 Å². The van der Waals surface area contributed by atoms with Crippen molar-refractivity contribution >= 4 is 9.84 Å². The second-order valence-electron chi connectivity index (χ2n) is 2.27. The van der Waals surface area contributed by atoms with Crippen molar-refractivity contribution in [3.05, 3.63) is 0 Å². The lowest BCUT2D eigenvalue weighted by molar-refractivity contribution is 0.191. The third-order valence-corrected chi connectivity index (χ3v) is 1.88. The van der Waals surface area contributed by atoms with Crippen LogP contribution in [0.5, 0.6) is 0 Å². The summed E-state index contributed by atoms with van der Waals surface area (Å²) >= 11 is 0. The van der Waals surface area contributed by atoms with Crippen LogP contribution in [0.15, 0.2) is 0 Å². The Morgan fingerprint density at radius 1 is 1.56 bits per heavy atom. The Morgan fingerprint density at radius 2 is 2.00 bits per heavy atom. The normalized spacial score (nSPS) is 15.4. The first-order valence-electron chi connectivity index (χ1n) is 2.77. The molecule has 1 atom stereocenters. The van der Waals surface area contributed by atoms with E-state index in [4.69, 9.17) is 5.11 Å². The van der Waals surface area contributed by atoms with Gasteiger partial charge >= 0.3 is 0 Å². The molecule has 0 unspecified atom stereocenters. The molecule has 0 amide bonds. The third kappa shape index (κ3) is 7.91. The van der Waals surface area contributed by atoms with E-state index in [-0.39, 0.29) is 5.75 Å². The van der Waals surface area contributed by atoms with Crippen LogP contribution in [0.3, 0.4) is 0 Å². The number of aliphatic hydroxyl groups is 1. The van der Waals surface area contributed by atoms with Crippen LogP contribution in [0.1, 0.15) is 13.3 Å². The molecule has 0 aliphatic carbocycles. The smallest absolute Gasteiger partial charge is 0.147 e. The van der Waals surface area contributed by atoms with Gasteiger partial charge in [-0.2, -0.15) is 0 Å². The third-order valence-electron chi connectivity index (χ3n) is 0.906. The van der Waals surface area contributed by atoms with Crippen LogP contribution in [-0.2, 0) is 9.84 Å². The zero-order valence-electron chi connectivity index (χ0n) is 5.66. The number of hydrogen-bond donors (Lipinski definition) is 1. The highest BCUT2D eigenvalue weighted by atomic mass is 32.2. The van der Waals surface area contributed by atoms with Gasteiger partial charge in [0, 0.05) is 6.26 Å². The highest BCUT2D eigenvalue weighted by Crippen LogP contribution is 1.93. The van der Waals surface area contributed by atoms with Crippen LogP contribution >= 0.6 is 0 Å². The Hall–Kier alpha value is -0.0900. The van der Waals surface area contributed by atoms with Crippen LogP contribution in [0, 0.1) is 0 Å². The zero-order valence-corrected chi connectivity index (χ0v) is 6.48. The fourth-order valence-electron chi connectivity index (χ4n) is 0.385. The highest BCUT2D eigenvalue weighted by Gasteiger charge is 2.03. The molecular weight excluding hydrogens is 140 g/mol. The van der Waals surface area contributed by atoms with Gasteiger partial charge in [0.1, 0.15) is 9.84 Å². The van der Waals surface area contributed by atoms with E-state index in [2.05, 4.69) is 0 Å². The predicted octanol–water partition coefficient (Wildman–Crippen LogP) is -0.198. The van der Waals surface area contributed by atoms with Crippen molar-refractivity contribution in [3.8, 4) is 0 Å². The van der Waals surface area contributed by atoms with Gasteiger partial charge in [-0.05, 0) is 13.3 Å². The predicted molar refractivity (Wildman–Crippen MR) is 36.0 cm³/mol. The Morgan fingerprint density at radius 3 is 2.11 bits per heavy atom. The highest BCUT2D eigenvalue weighted by molar-refractivity contribution is 7.90. The lowest BCUT2D eigenvalue weighted by atomic mass is 10.3. The van der Waals surface area contributed by atoms with Crippen LogP contribution < -0.4 is 0 Å². The summed E-state index contributed by atoms with van der Waals surface area (Å²) in [5.74, 6) is 0.0741. The Bertz CT molecular complexity index is 157. The van der Waals surface area contributed by atoms with Crippen molar-refractivity contribution in [2.24, 2.45) is 0 Å². The van der Waals surface area contributed by atoms with E-state index in [0.29, 0.717) is 6.42 Å². The molecule has 3 nitrogen and oxygen atoms in total. The van der Waals surface area contributed by atoms with Gasteiger partial charge in [0.15, 0.2) is 0 Å². The molecule has 0 saturated carbocycles. The summed E-state index contributed by atoms with van der Waals surface area (Å²) in [4.78, 5) is 0. The van der Waals surface area contributed by atoms with Crippen molar-refractivity contribution < 1.29 is 13.5 Å². The molecule has 0 bridgehead atoms. The number of hydrogen-bond acceptors (Lipinski definition) is 3. The number of aliphatic hydroxyl groups excluding tert-OH is 1. The van der Waals surface area contributed by atoms with E-state index < -0.39 is 15.9 Å². The summed E-state index contributed by atoms with van der Waals surface area (Å²) in [6.45, 7) is 1.57. The molecule has 1 N–H and O–H groups in total. The van der Waals surface area contributed by atoms with Crippen LogP contribution in [0.4, 0.5) is 0 Å². The maximum absolute atomic E-state index is 10.4. The molecule has 0 aliphatic heterocycles. The van der Waals surface area contributed by atoms with E-state index in [9.17, 15) is 8.42 Å². The first-order valence-corrected chi connectivity index (χ1v) is 4.83. The summed E-state index contributed by atoms with van der Waals surface area (Å²) in [6, 6.07) is 0. The Labute approximate surface area is 55.6 Å². The molecule has 56 valence electrons. The van der Waals surface area contributed by atoms with Gasteiger partial charge < -0.3 is 5.11 Å². The Balaban J connectivity index is 3.53. The summed E-state index contributed by atoms with van der Waals surface area (Å²) in [5.41, 5.74) is 0. The van der Waals surface area contributed by atoms with Gasteiger partial charge in [0.25, 0.3) is 0 Å². The molecule has 0 aliphatic rings. The standard InChI is InChI=1S/C5H12O3S/c1-5(6)3-4-9(2,7)8/h5-6H,3-4H2,1-2H3/t5-/m1/s1. The second-order valence-corrected chi connectivity index (χ2v) is 4.53. The van der Waals surface area contributed by atoms with Gasteiger partial charge in [-0.25, -0.2) is 8.42 Å².